The predicted molar refractivity (Wildman–Crippen MR) is 112 cm³/mol. The molecule has 2 rings (SSSR count). The number of aromatic nitrogens is 1. The molecule has 1 N–H and O–H groups in total. The van der Waals surface area contributed by atoms with E-state index in [2.05, 4.69) is 10.5 Å². The number of rotatable bonds is 9. The van der Waals surface area contributed by atoms with Crippen LogP contribution in [0.15, 0.2) is 40.4 Å². The number of hydrogen-bond donors (Lipinski definition) is 1. The number of carbonyl (C=O) groups is 1. The largest absolute Gasteiger partial charge is 0.490 e. The van der Waals surface area contributed by atoms with Gasteiger partial charge in [0, 0.05) is 23.9 Å². The molecule has 0 bridgehead atoms. The van der Waals surface area contributed by atoms with Gasteiger partial charge in [-0.1, -0.05) is 0 Å². The number of amides is 1. The van der Waals surface area contributed by atoms with Gasteiger partial charge in [0.25, 0.3) is 11.5 Å². The van der Waals surface area contributed by atoms with E-state index in [4.69, 9.17) is 9.47 Å². The van der Waals surface area contributed by atoms with E-state index in [1.807, 2.05) is 13.8 Å². The van der Waals surface area contributed by atoms with Crippen molar-refractivity contribution in [1.82, 2.24) is 9.99 Å². The van der Waals surface area contributed by atoms with Crippen molar-refractivity contribution in [2.45, 2.75) is 33.7 Å². The third kappa shape index (κ3) is 5.22. The van der Waals surface area contributed by atoms with E-state index < -0.39 is 16.4 Å². The third-order valence-corrected chi connectivity index (χ3v) is 4.00. The van der Waals surface area contributed by atoms with Crippen molar-refractivity contribution in [3.63, 3.8) is 0 Å². The van der Waals surface area contributed by atoms with Crippen molar-refractivity contribution in [3.8, 4) is 11.5 Å². The predicted octanol–water partition coefficient (Wildman–Crippen LogP) is 2.90. The number of carbonyl (C=O) groups excluding carboxylic acids is 1. The van der Waals surface area contributed by atoms with Gasteiger partial charge in [-0.25, -0.2) is 5.43 Å². The van der Waals surface area contributed by atoms with Crippen molar-refractivity contribution in [1.29, 1.82) is 0 Å². The van der Waals surface area contributed by atoms with Crippen LogP contribution in [0.4, 0.5) is 5.69 Å². The fourth-order valence-electron chi connectivity index (χ4n) is 2.69. The number of nitro groups is 1. The minimum absolute atomic E-state index is 0.0315. The van der Waals surface area contributed by atoms with E-state index >= 15 is 0 Å². The van der Waals surface area contributed by atoms with E-state index in [1.165, 1.54) is 29.0 Å². The summed E-state index contributed by atoms with van der Waals surface area (Å²) in [5, 5.41) is 15.2. The second-order valence-corrected chi connectivity index (χ2v) is 6.42. The third-order valence-electron chi connectivity index (χ3n) is 4.00. The Kier molecular flexibility index (Phi) is 7.68. The zero-order valence-corrected chi connectivity index (χ0v) is 17.2. The summed E-state index contributed by atoms with van der Waals surface area (Å²) in [5.41, 5.74) is 1.82. The summed E-state index contributed by atoms with van der Waals surface area (Å²) in [7, 11) is 0. The zero-order chi connectivity index (χ0) is 22.3. The lowest BCUT2D eigenvalue weighted by Crippen LogP contribution is -2.31. The average molecular weight is 416 g/mol. The lowest BCUT2D eigenvalue weighted by atomic mass is 10.2. The first kappa shape index (κ1) is 22.6. The molecule has 0 saturated heterocycles. The average Bonchev–Trinajstić information content (AvgIpc) is 2.69. The van der Waals surface area contributed by atoms with Gasteiger partial charge < -0.3 is 14.0 Å². The van der Waals surface area contributed by atoms with E-state index in [1.54, 1.807) is 26.1 Å². The number of pyridine rings is 1. The number of hydrazone groups is 1. The molecule has 0 fully saturated rings. The van der Waals surface area contributed by atoms with Crippen LogP contribution in [-0.2, 0) is 0 Å². The Labute approximate surface area is 173 Å². The number of nitrogens with zero attached hydrogens (tertiary/aromatic N) is 3. The number of hydrogen-bond acceptors (Lipinski definition) is 7. The molecular weight excluding hydrogens is 392 g/mol. The lowest BCUT2D eigenvalue weighted by molar-refractivity contribution is -0.385. The van der Waals surface area contributed by atoms with Crippen LogP contribution in [0.2, 0.25) is 0 Å². The first-order chi connectivity index (χ1) is 14.3. The summed E-state index contributed by atoms with van der Waals surface area (Å²) >= 11 is 0. The van der Waals surface area contributed by atoms with Crippen molar-refractivity contribution in [2.24, 2.45) is 5.10 Å². The number of benzene rings is 1. The minimum Gasteiger partial charge on any atom is -0.490 e. The maximum absolute atomic E-state index is 12.4. The monoisotopic (exact) mass is 416 g/mol. The van der Waals surface area contributed by atoms with Crippen molar-refractivity contribution in [2.75, 3.05) is 13.2 Å². The molecule has 1 heterocycles. The topological polar surface area (TPSA) is 125 Å². The second kappa shape index (κ2) is 10.2. The maximum Gasteiger partial charge on any atom is 0.315 e. The van der Waals surface area contributed by atoms with Crippen LogP contribution >= 0.6 is 0 Å². The Morgan fingerprint density at radius 1 is 1.30 bits per heavy atom. The number of nitrogens with one attached hydrogen (secondary N) is 1. The molecule has 160 valence electrons. The molecule has 0 unspecified atom stereocenters. The normalized spacial score (nSPS) is 11.0. The van der Waals surface area contributed by atoms with Crippen molar-refractivity contribution >= 4 is 17.8 Å². The van der Waals surface area contributed by atoms with Gasteiger partial charge in [0.05, 0.1) is 24.4 Å². The molecule has 0 spiro atoms. The molecule has 2 aromatic rings. The van der Waals surface area contributed by atoms with Gasteiger partial charge in [-0.3, -0.25) is 19.7 Å². The minimum atomic E-state index is -0.684. The number of ether oxygens (including phenoxy) is 2. The van der Waals surface area contributed by atoms with Crippen LogP contribution in [0.3, 0.4) is 0 Å². The highest BCUT2D eigenvalue weighted by molar-refractivity contribution is 5.94. The first-order valence-electron chi connectivity index (χ1n) is 9.42. The van der Waals surface area contributed by atoms with Crippen LogP contribution in [0, 0.1) is 10.1 Å². The second-order valence-electron chi connectivity index (χ2n) is 6.42. The SMILES string of the molecule is CCOc1cc(/C=N\NC(=O)c2cccn(C(C)C)c2=O)cc([N+](=O)[O-])c1OCC. The zero-order valence-electron chi connectivity index (χ0n) is 17.2. The van der Waals surface area contributed by atoms with Gasteiger partial charge in [0.15, 0.2) is 5.75 Å². The highest BCUT2D eigenvalue weighted by atomic mass is 16.6. The molecular formula is C20H24N4O6. The molecule has 10 heteroatoms. The fraction of sp³-hybridized carbons (Fsp3) is 0.350. The molecule has 1 aromatic carbocycles. The summed E-state index contributed by atoms with van der Waals surface area (Å²) in [4.78, 5) is 35.5. The summed E-state index contributed by atoms with van der Waals surface area (Å²) in [5.74, 6) is -0.454. The van der Waals surface area contributed by atoms with E-state index in [-0.39, 0.29) is 42.0 Å². The molecule has 0 aliphatic rings. The van der Waals surface area contributed by atoms with Crippen LogP contribution < -0.4 is 20.5 Å². The van der Waals surface area contributed by atoms with Gasteiger partial charge in [0.1, 0.15) is 5.56 Å². The lowest BCUT2D eigenvalue weighted by Gasteiger charge is -2.12. The summed E-state index contributed by atoms with van der Waals surface area (Å²) < 4.78 is 12.2. The Morgan fingerprint density at radius 2 is 2.00 bits per heavy atom. The van der Waals surface area contributed by atoms with Crippen molar-refractivity contribution in [3.05, 3.63) is 62.1 Å². The van der Waals surface area contributed by atoms with Gasteiger partial charge in [-0.15, -0.1) is 0 Å². The van der Waals surface area contributed by atoms with Crippen LogP contribution in [-0.4, -0.2) is 34.8 Å². The van der Waals surface area contributed by atoms with E-state index in [0.717, 1.165) is 0 Å². The Morgan fingerprint density at radius 3 is 2.60 bits per heavy atom. The Hall–Kier alpha value is -3.69. The summed E-state index contributed by atoms with van der Waals surface area (Å²) in [6.45, 7) is 7.62. The summed E-state index contributed by atoms with van der Waals surface area (Å²) in [6, 6.07) is 5.68. The molecule has 1 aromatic heterocycles. The molecule has 0 saturated carbocycles. The summed E-state index contributed by atoms with van der Waals surface area (Å²) in [6.07, 6.45) is 2.83. The quantitative estimate of drug-likeness (QED) is 0.381. The highest BCUT2D eigenvalue weighted by Crippen LogP contribution is 2.38. The van der Waals surface area contributed by atoms with Crippen molar-refractivity contribution < 1.29 is 19.2 Å². The Balaban J connectivity index is 2.30. The van der Waals surface area contributed by atoms with Crippen LogP contribution in [0.1, 0.15) is 49.7 Å². The van der Waals surface area contributed by atoms with Crippen LogP contribution in [0.5, 0.6) is 11.5 Å². The molecule has 0 aliphatic carbocycles. The highest BCUT2D eigenvalue weighted by Gasteiger charge is 2.22. The molecule has 0 atom stereocenters. The molecule has 1 amide bonds. The van der Waals surface area contributed by atoms with Gasteiger partial charge >= 0.3 is 5.69 Å². The fourth-order valence-corrected chi connectivity index (χ4v) is 2.69. The maximum atomic E-state index is 12.4. The Bertz CT molecular complexity index is 1010. The van der Waals surface area contributed by atoms with E-state index in [0.29, 0.717) is 5.56 Å². The molecule has 0 aliphatic heterocycles. The standard InChI is InChI=1S/C20H24N4O6/c1-5-29-17-11-14(10-16(24(27)28)18(17)30-6-2)12-21-22-19(25)15-8-7-9-23(13(3)4)20(15)26/h7-13H,5-6H2,1-4H3,(H,22,25)/b21-12-. The smallest absolute Gasteiger partial charge is 0.315 e. The van der Waals surface area contributed by atoms with Gasteiger partial charge in [0.2, 0.25) is 5.75 Å². The van der Waals surface area contributed by atoms with Gasteiger partial charge in [-0.2, -0.15) is 5.10 Å². The van der Waals surface area contributed by atoms with Gasteiger partial charge in [-0.05, 0) is 45.9 Å². The van der Waals surface area contributed by atoms with Crippen LogP contribution in [0.25, 0.3) is 0 Å². The molecule has 10 nitrogen and oxygen atoms in total. The molecule has 30 heavy (non-hydrogen) atoms. The first-order valence-corrected chi connectivity index (χ1v) is 9.42. The van der Waals surface area contributed by atoms with E-state index in [9.17, 15) is 19.7 Å². The molecule has 0 radical (unpaired) electrons. The number of nitro benzene ring substituents is 1.